The topological polar surface area (TPSA) is 55.0 Å². The van der Waals surface area contributed by atoms with Crippen molar-refractivity contribution in [1.82, 2.24) is 9.97 Å². The van der Waals surface area contributed by atoms with Crippen molar-refractivity contribution in [2.24, 2.45) is 0 Å². The van der Waals surface area contributed by atoms with Crippen LogP contribution in [-0.4, -0.2) is 22.5 Å². The first kappa shape index (κ1) is 12.6. The lowest BCUT2D eigenvalue weighted by Crippen LogP contribution is -2.04. The third kappa shape index (κ3) is 2.54. The highest BCUT2D eigenvalue weighted by Crippen LogP contribution is 2.21. The highest BCUT2D eigenvalue weighted by Gasteiger charge is 2.08. The molecule has 0 radical (unpaired) electrons. The number of hydrogen-bond acceptors (Lipinski definition) is 3. The minimum absolute atomic E-state index is 0.325. The second kappa shape index (κ2) is 5.23. The maximum Gasteiger partial charge on any atom is 0.333 e. The molecule has 2 heterocycles. The molecule has 2 aromatic heterocycles. The largest absolute Gasteiger partial charge is 0.463 e. The Bertz CT molecular complexity index is 616. The first-order valence-electron chi connectivity index (χ1n) is 5.61. The highest BCUT2D eigenvalue weighted by molar-refractivity contribution is 6.29. The SMILES string of the molecule is CCOC(=O)/C(C)=C/c1c[nH]c2ccc(Cl)nc12. The predicted octanol–water partition coefficient (Wildman–Crippen LogP) is 3.18. The standard InChI is InChI=1S/C13H13ClN2O2/c1-3-18-13(17)8(2)6-9-7-15-10-4-5-11(14)16-12(9)10/h4-7,15H,3H2,1-2H3/b8-6+. The van der Waals surface area contributed by atoms with Gasteiger partial charge < -0.3 is 9.72 Å². The normalized spacial score (nSPS) is 11.8. The summed E-state index contributed by atoms with van der Waals surface area (Å²) in [5.74, 6) is -0.325. The van der Waals surface area contributed by atoms with Crippen LogP contribution in [0.3, 0.4) is 0 Å². The van der Waals surface area contributed by atoms with Crippen LogP contribution in [0.5, 0.6) is 0 Å². The Labute approximate surface area is 110 Å². The monoisotopic (exact) mass is 264 g/mol. The van der Waals surface area contributed by atoms with Gasteiger partial charge in [0.2, 0.25) is 0 Å². The first-order valence-corrected chi connectivity index (χ1v) is 5.98. The van der Waals surface area contributed by atoms with E-state index in [2.05, 4.69) is 9.97 Å². The fraction of sp³-hybridized carbons (Fsp3) is 0.231. The molecule has 0 aliphatic carbocycles. The number of aromatic nitrogens is 2. The Morgan fingerprint density at radius 1 is 1.56 bits per heavy atom. The summed E-state index contributed by atoms with van der Waals surface area (Å²) >= 11 is 5.86. The summed E-state index contributed by atoms with van der Waals surface area (Å²) in [6, 6.07) is 3.56. The third-order valence-corrected chi connectivity index (χ3v) is 2.70. The van der Waals surface area contributed by atoms with E-state index < -0.39 is 0 Å². The van der Waals surface area contributed by atoms with Crippen LogP contribution in [-0.2, 0) is 9.53 Å². The van der Waals surface area contributed by atoms with E-state index in [1.807, 2.05) is 6.07 Å². The Balaban J connectivity index is 2.39. The number of carbonyl (C=O) groups excluding carboxylic acids is 1. The fourth-order valence-corrected chi connectivity index (χ4v) is 1.79. The molecular weight excluding hydrogens is 252 g/mol. The highest BCUT2D eigenvalue weighted by atomic mass is 35.5. The summed E-state index contributed by atoms with van der Waals surface area (Å²) in [6.45, 7) is 3.85. The molecule has 0 aliphatic heterocycles. The number of pyridine rings is 1. The third-order valence-electron chi connectivity index (χ3n) is 2.49. The first-order chi connectivity index (χ1) is 8.61. The number of fused-ring (bicyclic) bond motifs is 1. The van der Waals surface area contributed by atoms with Gasteiger partial charge in [-0.15, -0.1) is 0 Å². The van der Waals surface area contributed by atoms with Crippen molar-refractivity contribution in [3.63, 3.8) is 0 Å². The van der Waals surface area contributed by atoms with Gasteiger partial charge in [-0.1, -0.05) is 11.6 Å². The van der Waals surface area contributed by atoms with Crippen LogP contribution >= 0.6 is 11.6 Å². The van der Waals surface area contributed by atoms with Crippen LogP contribution in [0.1, 0.15) is 19.4 Å². The molecule has 0 saturated heterocycles. The molecule has 0 unspecified atom stereocenters. The number of ether oxygens (including phenoxy) is 1. The molecule has 0 aromatic carbocycles. The molecule has 2 aromatic rings. The number of carbonyl (C=O) groups is 1. The lowest BCUT2D eigenvalue weighted by molar-refractivity contribution is -0.138. The molecule has 1 N–H and O–H groups in total. The minimum Gasteiger partial charge on any atom is -0.463 e. The second-order valence-electron chi connectivity index (χ2n) is 3.82. The zero-order chi connectivity index (χ0) is 13.1. The van der Waals surface area contributed by atoms with E-state index >= 15 is 0 Å². The van der Waals surface area contributed by atoms with Crippen LogP contribution in [0.2, 0.25) is 5.15 Å². The number of aromatic amines is 1. The molecule has 0 fully saturated rings. The van der Waals surface area contributed by atoms with E-state index in [0.29, 0.717) is 17.3 Å². The minimum atomic E-state index is -0.325. The summed E-state index contributed by atoms with van der Waals surface area (Å²) in [7, 11) is 0. The van der Waals surface area contributed by atoms with Crippen LogP contribution in [0.25, 0.3) is 17.1 Å². The van der Waals surface area contributed by atoms with E-state index in [-0.39, 0.29) is 5.97 Å². The Kier molecular flexibility index (Phi) is 3.67. The Hall–Kier alpha value is -1.81. The molecule has 2 rings (SSSR count). The molecule has 0 bridgehead atoms. The van der Waals surface area contributed by atoms with Crippen molar-refractivity contribution in [1.29, 1.82) is 0 Å². The van der Waals surface area contributed by atoms with Crippen LogP contribution in [0, 0.1) is 0 Å². The molecule has 0 spiro atoms. The van der Waals surface area contributed by atoms with Gasteiger partial charge >= 0.3 is 5.97 Å². The van der Waals surface area contributed by atoms with Gasteiger partial charge in [-0.05, 0) is 32.1 Å². The van der Waals surface area contributed by atoms with Crippen molar-refractivity contribution < 1.29 is 9.53 Å². The average Bonchev–Trinajstić information content (AvgIpc) is 2.72. The molecule has 0 atom stereocenters. The van der Waals surface area contributed by atoms with E-state index in [1.165, 1.54) is 0 Å². The van der Waals surface area contributed by atoms with Crippen molar-refractivity contribution in [3.8, 4) is 0 Å². The second-order valence-corrected chi connectivity index (χ2v) is 4.21. The van der Waals surface area contributed by atoms with Gasteiger partial charge in [0, 0.05) is 17.3 Å². The average molecular weight is 265 g/mol. The van der Waals surface area contributed by atoms with Gasteiger partial charge in [0.25, 0.3) is 0 Å². The van der Waals surface area contributed by atoms with Crippen LogP contribution < -0.4 is 0 Å². The Morgan fingerprint density at radius 2 is 2.33 bits per heavy atom. The van der Waals surface area contributed by atoms with Crippen LogP contribution in [0.4, 0.5) is 0 Å². The summed E-state index contributed by atoms with van der Waals surface area (Å²) < 4.78 is 4.92. The summed E-state index contributed by atoms with van der Waals surface area (Å²) in [5, 5.41) is 0.422. The number of nitrogens with one attached hydrogen (secondary N) is 1. The fourth-order valence-electron chi connectivity index (χ4n) is 1.64. The molecule has 94 valence electrons. The molecule has 4 nitrogen and oxygen atoms in total. The maximum atomic E-state index is 11.5. The van der Waals surface area contributed by atoms with Crippen molar-refractivity contribution >= 4 is 34.7 Å². The van der Waals surface area contributed by atoms with Gasteiger partial charge in [-0.3, -0.25) is 0 Å². The van der Waals surface area contributed by atoms with E-state index in [0.717, 1.165) is 16.6 Å². The maximum absolute atomic E-state index is 11.5. The molecule has 18 heavy (non-hydrogen) atoms. The zero-order valence-electron chi connectivity index (χ0n) is 10.2. The quantitative estimate of drug-likeness (QED) is 0.526. The number of esters is 1. The van der Waals surface area contributed by atoms with E-state index in [1.54, 1.807) is 32.2 Å². The summed E-state index contributed by atoms with van der Waals surface area (Å²) in [5.41, 5.74) is 2.96. The van der Waals surface area contributed by atoms with E-state index in [4.69, 9.17) is 16.3 Å². The predicted molar refractivity (Wildman–Crippen MR) is 71.4 cm³/mol. The van der Waals surface area contributed by atoms with Crippen molar-refractivity contribution in [2.45, 2.75) is 13.8 Å². The smallest absolute Gasteiger partial charge is 0.333 e. The molecular formula is C13H13ClN2O2. The number of nitrogens with zero attached hydrogens (tertiary/aromatic N) is 1. The van der Waals surface area contributed by atoms with Gasteiger partial charge in [-0.2, -0.15) is 0 Å². The van der Waals surface area contributed by atoms with Crippen molar-refractivity contribution in [2.75, 3.05) is 6.61 Å². The molecule has 0 saturated carbocycles. The van der Waals surface area contributed by atoms with Gasteiger partial charge in [0.05, 0.1) is 17.6 Å². The van der Waals surface area contributed by atoms with E-state index in [9.17, 15) is 4.79 Å². The summed E-state index contributed by atoms with van der Waals surface area (Å²) in [4.78, 5) is 18.8. The lowest BCUT2D eigenvalue weighted by atomic mass is 10.2. The Morgan fingerprint density at radius 3 is 3.06 bits per heavy atom. The van der Waals surface area contributed by atoms with Crippen molar-refractivity contribution in [3.05, 3.63) is 34.6 Å². The molecule has 0 aliphatic rings. The van der Waals surface area contributed by atoms with Crippen LogP contribution in [0.15, 0.2) is 23.9 Å². The number of halogens is 1. The summed E-state index contributed by atoms with van der Waals surface area (Å²) in [6.07, 6.45) is 3.52. The molecule has 0 amide bonds. The lowest BCUT2D eigenvalue weighted by Gasteiger charge is -2.00. The number of rotatable bonds is 3. The van der Waals surface area contributed by atoms with Gasteiger partial charge in [-0.25, -0.2) is 9.78 Å². The number of hydrogen-bond donors (Lipinski definition) is 1. The number of H-pyrrole nitrogens is 1. The molecule has 5 heteroatoms. The zero-order valence-corrected chi connectivity index (χ0v) is 10.9. The van der Waals surface area contributed by atoms with Gasteiger partial charge in [0.15, 0.2) is 0 Å². The van der Waals surface area contributed by atoms with Gasteiger partial charge in [0.1, 0.15) is 5.15 Å².